The molecular weight excluding hydrogens is 184 g/mol. The van der Waals surface area contributed by atoms with E-state index < -0.39 is 11.5 Å². The lowest BCUT2D eigenvalue weighted by Crippen LogP contribution is -2.56. The summed E-state index contributed by atoms with van der Waals surface area (Å²) in [5.74, 6) is -0.983. The predicted octanol–water partition coefficient (Wildman–Crippen LogP) is -0.281. The van der Waals surface area contributed by atoms with Crippen molar-refractivity contribution in [3.63, 3.8) is 0 Å². The second-order valence-corrected chi connectivity index (χ2v) is 3.78. The molecule has 1 fully saturated rings. The van der Waals surface area contributed by atoms with E-state index in [9.17, 15) is 9.59 Å². The third kappa shape index (κ3) is 2.70. The molecule has 0 unspecified atom stereocenters. The molecule has 0 spiro atoms. The average molecular weight is 200 g/mol. The first-order chi connectivity index (χ1) is 6.58. The van der Waals surface area contributed by atoms with Gasteiger partial charge < -0.3 is 15.7 Å². The molecule has 0 aromatic rings. The number of amides is 1. The van der Waals surface area contributed by atoms with Gasteiger partial charge in [0.1, 0.15) is 0 Å². The van der Waals surface area contributed by atoms with Crippen LogP contribution in [0.25, 0.3) is 0 Å². The Hall–Kier alpha value is -1.10. The minimum absolute atomic E-state index is 0.0302. The number of nitrogens with one attached hydrogen (secondary N) is 2. The van der Waals surface area contributed by atoms with Crippen molar-refractivity contribution >= 4 is 11.9 Å². The number of carboxylic acids is 1. The Morgan fingerprint density at radius 3 is 2.43 bits per heavy atom. The summed E-state index contributed by atoms with van der Waals surface area (Å²) < 4.78 is 0. The van der Waals surface area contributed by atoms with Crippen molar-refractivity contribution in [1.82, 2.24) is 10.6 Å². The first-order valence-electron chi connectivity index (χ1n) is 4.75. The van der Waals surface area contributed by atoms with Crippen LogP contribution in [-0.4, -0.2) is 36.1 Å². The predicted molar refractivity (Wildman–Crippen MR) is 50.9 cm³/mol. The lowest BCUT2D eigenvalue weighted by molar-refractivity contribution is -0.140. The van der Waals surface area contributed by atoms with E-state index in [4.69, 9.17) is 5.11 Å². The SMILES string of the molecule is CNCC(=O)NC1(CC(=O)O)CCC1. The highest BCUT2D eigenvalue weighted by molar-refractivity contribution is 5.80. The van der Waals surface area contributed by atoms with E-state index in [1.807, 2.05) is 0 Å². The van der Waals surface area contributed by atoms with Crippen molar-refractivity contribution in [2.24, 2.45) is 0 Å². The van der Waals surface area contributed by atoms with Gasteiger partial charge in [-0.3, -0.25) is 9.59 Å². The summed E-state index contributed by atoms with van der Waals surface area (Å²) in [7, 11) is 1.68. The zero-order chi connectivity index (χ0) is 10.6. The van der Waals surface area contributed by atoms with Crippen LogP contribution in [0.15, 0.2) is 0 Å². The molecule has 0 saturated heterocycles. The van der Waals surface area contributed by atoms with Crippen molar-refractivity contribution in [3.8, 4) is 0 Å². The molecule has 0 atom stereocenters. The van der Waals surface area contributed by atoms with Crippen LogP contribution in [0.5, 0.6) is 0 Å². The number of hydrogen-bond acceptors (Lipinski definition) is 3. The Morgan fingerprint density at radius 1 is 1.43 bits per heavy atom. The zero-order valence-corrected chi connectivity index (χ0v) is 8.30. The van der Waals surface area contributed by atoms with Crippen LogP contribution in [0, 0.1) is 0 Å². The van der Waals surface area contributed by atoms with E-state index in [0.717, 1.165) is 19.3 Å². The summed E-state index contributed by atoms with van der Waals surface area (Å²) in [6, 6.07) is 0. The summed E-state index contributed by atoms with van der Waals surface area (Å²) >= 11 is 0. The Labute approximate surface area is 82.9 Å². The van der Waals surface area contributed by atoms with E-state index in [0.29, 0.717) is 0 Å². The monoisotopic (exact) mass is 200 g/mol. The van der Waals surface area contributed by atoms with Gasteiger partial charge in [-0.15, -0.1) is 0 Å². The van der Waals surface area contributed by atoms with Gasteiger partial charge >= 0.3 is 5.97 Å². The smallest absolute Gasteiger partial charge is 0.305 e. The average Bonchev–Trinajstić information content (AvgIpc) is 1.99. The fourth-order valence-electron chi connectivity index (χ4n) is 1.74. The van der Waals surface area contributed by atoms with Gasteiger partial charge in [0.25, 0.3) is 0 Å². The second kappa shape index (κ2) is 4.41. The van der Waals surface area contributed by atoms with Gasteiger partial charge in [0, 0.05) is 0 Å². The lowest BCUT2D eigenvalue weighted by Gasteiger charge is -2.41. The molecule has 0 aromatic carbocycles. The minimum atomic E-state index is -0.852. The molecule has 0 heterocycles. The summed E-state index contributed by atoms with van der Waals surface area (Å²) in [4.78, 5) is 21.8. The van der Waals surface area contributed by atoms with Gasteiger partial charge in [0.05, 0.1) is 18.5 Å². The first kappa shape index (κ1) is 11.0. The minimum Gasteiger partial charge on any atom is -0.481 e. The molecule has 0 radical (unpaired) electrons. The van der Waals surface area contributed by atoms with Crippen molar-refractivity contribution in [3.05, 3.63) is 0 Å². The van der Waals surface area contributed by atoms with E-state index in [2.05, 4.69) is 10.6 Å². The standard InChI is InChI=1S/C9H16N2O3/c1-10-6-7(12)11-9(3-2-4-9)5-8(13)14/h10H,2-6H2,1H3,(H,11,12)(H,13,14). The van der Waals surface area contributed by atoms with Crippen molar-refractivity contribution in [2.45, 2.75) is 31.2 Å². The molecule has 5 heteroatoms. The zero-order valence-electron chi connectivity index (χ0n) is 8.30. The molecule has 14 heavy (non-hydrogen) atoms. The van der Waals surface area contributed by atoms with E-state index >= 15 is 0 Å². The largest absolute Gasteiger partial charge is 0.481 e. The Bertz CT molecular complexity index is 236. The summed E-state index contributed by atoms with van der Waals surface area (Å²) in [6.07, 6.45) is 2.57. The van der Waals surface area contributed by atoms with Gasteiger partial charge in [0.15, 0.2) is 0 Å². The number of likely N-dealkylation sites (N-methyl/N-ethyl adjacent to an activating group) is 1. The molecule has 1 aliphatic rings. The highest BCUT2D eigenvalue weighted by Gasteiger charge is 2.39. The molecule has 0 aliphatic heterocycles. The maximum Gasteiger partial charge on any atom is 0.305 e. The van der Waals surface area contributed by atoms with Gasteiger partial charge in [-0.1, -0.05) is 0 Å². The van der Waals surface area contributed by atoms with Crippen LogP contribution in [-0.2, 0) is 9.59 Å². The lowest BCUT2D eigenvalue weighted by atomic mass is 9.74. The number of carbonyl (C=O) groups excluding carboxylic acids is 1. The normalized spacial score (nSPS) is 18.4. The number of carbonyl (C=O) groups is 2. The molecule has 0 bridgehead atoms. The Morgan fingerprint density at radius 2 is 2.07 bits per heavy atom. The summed E-state index contributed by atoms with van der Waals surface area (Å²) in [5.41, 5.74) is -0.472. The van der Waals surface area contributed by atoms with Crippen LogP contribution < -0.4 is 10.6 Å². The number of aliphatic carboxylic acids is 1. The third-order valence-corrected chi connectivity index (χ3v) is 2.54. The number of carboxylic acid groups (broad SMARTS) is 1. The van der Waals surface area contributed by atoms with Gasteiger partial charge in [0.2, 0.25) is 5.91 Å². The highest BCUT2D eigenvalue weighted by Crippen LogP contribution is 2.34. The number of rotatable bonds is 5. The van der Waals surface area contributed by atoms with E-state index in [1.54, 1.807) is 7.05 Å². The van der Waals surface area contributed by atoms with Crippen LogP contribution in [0.1, 0.15) is 25.7 Å². The Balaban J connectivity index is 2.45. The highest BCUT2D eigenvalue weighted by atomic mass is 16.4. The molecule has 1 rings (SSSR count). The fourth-order valence-corrected chi connectivity index (χ4v) is 1.74. The third-order valence-electron chi connectivity index (χ3n) is 2.54. The molecule has 1 amide bonds. The van der Waals surface area contributed by atoms with Crippen LogP contribution in [0.2, 0.25) is 0 Å². The molecule has 0 aromatic heterocycles. The maximum absolute atomic E-state index is 11.3. The second-order valence-electron chi connectivity index (χ2n) is 3.78. The maximum atomic E-state index is 11.3. The molecule has 3 N–H and O–H groups in total. The molecular formula is C9H16N2O3. The van der Waals surface area contributed by atoms with Crippen molar-refractivity contribution in [2.75, 3.05) is 13.6 Å². The van der Waals surface area contributed by atoms with Gasteiger partial charge in [-0.25, -0.2) is 0 Å². The van der Waals surface area contributed by atoms with E-state index in [1.165, 1.54) is 0 Å². The van der Waals surface area contributed by atoms with Crippen molar-refractivity contribution in [1.29, 1.82) is 0 Å². The van der Waals surface area contributed by atoms with Crippen LogP contribution in [0.4, 0.5) is 0 Å². The van der Waals surface area contributed by atoms with Gasteiger partial charge in [-0.2, -0.15) is 0 Å². The van der Waals surface area contributed by atoms with Crippen molar-refractivity contribution < 1.29 is 14.7 Å². The first-order valence-corrected chi connectivity index (χ1v) is 4.75. The van der Waals surface area contributed by atoms with Crippen LogP contribution >= 0.6 is 0 Å². The summed E-state index contributed by atoms with van der Waals surface area (Å²) in [5, 5.41) is 14.2. The van der Waals surface area contributed by atoms with Crippen LogP contribution in [0.3, 0.4) is 0 Å². The molecule has 1 aliphatic carbocycles. The number of hydrogen-bond donors (Lipinski definition) is 3. The summed E-state index contributed by atoms with van der Waals surface area (Å²) in [6.45, 7) is 0.237. The molecule has 5 nitrogen and oxygen atoms in total. The molecule has 80 valence electrons. The topological polar surface area (TPSA) is 78.4 Å². The van der Waals surface area contributed by atoms with E-state index in [-0.39, 0.29) is 18.9 Å². The quantitative estimate of drug-likeness (QED) is 0.570. The fraction of sp³-hybridized carbons (Fsp3) is 0.778. The Kier molecular flexibility index (Phi) is 3.46. The van der Waals surface area contributed by atoms with Gasteiger partial charge in [-0.05, 0) is 26.3 Å². The molecule has 1 saturated carbocycles.